The molecule has 0 saturated heterocycles. The second-order valence-corrected chi connectivity index (χ2v) is 6.42. The van der Waals surface area contributed by atoms with Crippen molar-refractivity contribution in [1.29, 1.82) is 0 Å². The Morgan fingerprint density at radius 2 is 1.81 bits per heavy atom. The predicted molar refractivity (Wildman–Crippen MR) is 111 cm³/mol. The maximum absolute atomic E-state index is 12.0. The molecule has 0 unspecified atom stereocenters. The number of anilines is 1. The minimum atomic E-state index is -0.195. The van der Waals surface area contributed by atoms with Crippen LogP contribution in [0, 0.1) is 0 Å². The van der Waals surface area contributed by atoms with E-state index < -0.39 is 0 Å². The average Bonchev–Trinajstić information content (AvgIpc) is 3.02. The number of benzene rings is 3. The number of hydrogen-bond acceptors (Lipinski definition) is 3. The first-order valence-electron chi connectivity index (χ1n) is 8.79. The Labute approximate surface area is 157 Å². The molecular formula is C22H20N4O. The van der Waals surface area contributed by atoms with Crippen LogP contribution in [0.15, 0.2) is 78.0 Å². The zero-order valence-corrected chi connectivity index (χ0v) is 15.0. The Balaban J connectivity index is 1.36. The summed E-state index contributed by atoms with van der Waals surface area (Å²) in [4.78, 5) is 12.0. The van der Waals surface area contributed by atoms with Crippen molar-refractivity contribution in [2.24, 2.45) is 12.1 Å². The molecular weight excluding hydrogens is 336 g/mol. The Hall–Kier alpha value is -3.60. The van der Waals surface area contributed by atoms with Crippen molar-refractivity contribution in [2.45, 2.75) is 0 Å². The van der Waals surface area contributed by atoms with Crippen LogP contribution in [-0.4, -0.2) is 23.2 Å². The van der Waals surface area contributed by atoms with Gasteiger partial charge in [0, 0.05) is 35.4 Å². The van der Waals surface area contributed by atoms with Gasteiger partial charge in [-0.25, -0.2) is 5.43 Å². The molecule has 4 rings (SSSR count). The Morgan fingerprint density at radius 3 is 2.70 bits per heavy atom. The van der Waals surface area contributed by atoms with Crippen molar-refractivity contribution in [1.82, 2.24) is 9.99 Å². The lowest BCUT2D eigenvalue weighted by atomic mass is 10.1. The third-order valence-corrected chi connectivity index (χ3v) is 4.52. The van der Waals surface area contributed by atoms with E-state index in [4.69, 9.17) is 0 Å². The molecule has 0 aliphatic carbocycles. The van der Waals surface area contributed by atoms with E-state index in [0.29, 0.717) is 0 Å². The van der Waals surface area contributed by atoms with Crippen LogP contribution in [0.25, 0.3) is 21.7 Å². The Kier molecular flexibility index (Phi) is 4.58. The first-order valence-corrected chi connectivity index (χ1v) is 8.79. The summed E-state index contributed by atoms with van der Waals surface area (Å²) in [5.74, 6) is -0.195. The zero-order valence-electron chi connectivity index (χ0n) is 15.0. The van der Waals surface area contributed by atoms with Crippen molar-refractivity contribution in [3.8, 4) is 0 Å². The molecule has 1 amide bonds. The first kappa shape index (κ1) is 16.8. The van der Waals surface area contributed by atoms with Gasteiger partial charge in [-0.3, -0.25) is 4.79 Å². The van der Waals surface area contributed by atoms with Gasteiger partial charge in [-0.15, -0.1) is 0 Å². The summed E-state index contributed by atoms with van der Waals surface area (Å²) in [6.45, 7) is 0.158. The maximum Gasteiger partial charge on any atom is 0.259 e. The second-order valence-electron chi connectivity index (χ2n) is 6.42. The molecule has 134 valence electrons. The summed E-state index contributed by atoms with van der Waals surface area (Å²) in [7, 11) is 1.99. The number of hydrogen-bond donors (Lipinski definition) is 2. The Bertz CT molecular complexity index is 1140. The molecule has 0 spiro atoms. The van der Waals surface area contributed by atoms with Crippen LogP contribution in [0.4, 0.5) is 5.69 Å². The van der Waals surface area contributed by atoms with Gasteiger partial charge in [0.05, 0.1) is 12.8 Å². The highest BCUT2D eigenvalue weighted by molar-refractivity contribution is 5.99. The van der Waals surface area contributed by atoms with Crippen LogP contribution < -0.4 is 10.7 Å². The highest BCUT2D eigenvalue weighted by Crippen LogP contribution is 2.19. The number of aryl methyl sites for hydroxylation is 1. The quantitative estimate of drug-likeness (QED) is 0.421. The van der Waals surface area contributed by atoms with E-state index in [1.807, 2.05) is 66.3 Å². The third kappa shape index (κ3) is 3.67. The molecule has 0 radical (unpaired) electrons. The van der Waals surface area contributed by atoms with E-state index in [0.717, 1.165) is 27.5 Å². The van der Waals surface area contributed by atoms with Crippen LogP contribution in [0.5, 0.6) is 0 Å². The van der Waals surface area contributed by atoms with E-state index in [1.54, 1.807) is 6.21 Å². The highest BCUT2D eigenvalue weighted by Gasteiger charge is 2.04. The lowest BCUT2D eigenvalue weighted by molar-refractivity contribution is -0.119. The van der Waals surface area contributed by atoms with Gasteiger partial charge in [0.1, 0.15) is 0 Å². The summed E-state index contributed by atoms with van der Waals surface area (Å²) in [6.07, 6.45) is 3.67. The minimum Gasteiger partial charge on any atom is -0.376 e. The zero-order chi connectivity index (χ0) is 18.6. The topological polar surface area (TPSA) is 58.4 Å². The molecule has 0 atom stereocenters. The summed E-state index contributed by atoms with van der Waals surface area (Å²) in [5, 5.41) is 10.6. The van der Waals surface area contributed by atoms with E-state index in [1.165, 1.54) is 5.39 Å². The predicted octanol–water partition coefficient (Wildman–Crippen LogP) is 3.89. The van der Waals surface area contributed by atoms with Crippen LogP contribution >= 0.6 is 0 Å². The number of nitrogens with one attached hydrogen (secondary N) is 2. The molecule has 2 N–H and O–H groups in total. The Morgan fingerprint density at radius 1 is 1.04 bits per heavy atom. The second kappa shape index (κ2) is 7.33. The summed E-state index contributed by atoms with van der Waals surface area (Å²) in [6, 6.07) is 22.2. The molecule has 4 aromatic rings. The van der Waals surface area contributed by atoms with Crippen LogP contribution in [-0.2, 0) is 11.8 Å². The number of carbonyl (C=O) groups is 1. The number of nitrogens with zero attached hydrogens (tertiary/aromatic N) is 2. The lowest BCUT2D eigenvalue weighted by Gasteiger charge is -2.06. The molecule has 0 fully saturated rings. The first-order chi connectivity index (χ1) is 13.2. The van der Waals surface area contributed by atoms with Crippen molar-refractivity contribution < 1.29 is 4.79 Å². The van der Waals surface area contributed by atoms with Gasteiger partial charge in [-0.1, -0.05) is 48.5 Å². The summed E-state index contributed by atoms with van der Waals surface area (Å²) in [5.41, 5.74) is 5.57. The molecule has 0 saturated carbocycles. The minimum absolute atomic E-state index is 0.158. The van der Waals surface area contributed by atoms with E-state index in [-0.39, 0.29) is 12.5 Å². The van der Waals surface area contributed by atoms with Gasteiger partial charge in [-0.2, -0.15) is 5.10 Å². The highest BCUT2D eigenvalue weighted by atomic mass is 16.2. The molecule has 0 aliphatic rings. The fourth-order valence-corrected chi connectivity index (χ4v) is 3.17. The number of amides is 1. The van der Waals surface area contributed by atoms with Crippen LogP contribution in [0.2, 0.25) is 0 Å². The molecule has 5 nitrogen and oxygen atoms in total. The van der Waals surface area contributed by atoms with Gasteiger partial charge in [-0.05, 0) is 29.0 Å². The number of aromatic nitrogens is 1. The standard InChI is InChI=1S/C22H20N4O/c1-26-15-18(20-8-4-5-9-21(20)26)13-24-25-22(27)14-23-19-11-10-16-6-2-3-7-17(16)12-19/h2-13,15,23H,14H2,1H3,(H,25,27)/b24-13-. The SMILES string of the molecule is Cn1cc(/C=N\NC(=O)CNc2ccc3ccccc3c2)c2ccccc21. The van der Waals surface area contributed by atoms with Gasteiger partial charge < -0.3 is 9.88 Å². The van der Waals surface area contributed by atoms with Crippen LogP contribution in [0.3, 0.4) is 0 Å². The molecule has 27 heavy (non-hydrogen) atoms. The third-order valence-electron chi connectivity index (χ3n) is 4.52. The number of hydrazone groups is 1. The molecule has 3 aromatic carbocycles. The van der Waals surface area contributed by atoms with E-state index in [2.05, 4.69) is 34.0 Å². The van der Waals surface area contributed by atoms with E-state index in [9.17, 15) is 4.79 Å². The maximum atomic E-state index is 12.0. The van der Waals surface area contributed by atoms with Crippen LogP contribution in [0.1, 0.15) is 5.56 Å². The molecule has 1 heterocycles. The number of rotatable bonds is 5. The van der Waals surface area contributed by atoms with Gasteiger partial charge >= 0.3 is 0 Å². The average molecular weight is 356 g/mol. The van der Waals surface area contributed by atoms with Gasteiger partial charge in [0.15, 0.2) is 0 Å². The molecule has 0 bridgehead atoms. The van der Waals surface area contributed by atoms with Gasteiger partial charge in [0.25, 0.3) is 5.91 Å². The largest absolute Gasteiger partial charge is 0.376 e. The fourth-order valence-electron chi connectivity index (χ4n) is 3.17. The molecule has 1 aromatic heterocycles. The van der Waals surface area contributed by atoms with Crippen molar-refractivity contribution in [3.05, 3.63) is 78.5 Å². The normalized spacial score (nSPS) is 11.3. The monoisotopic (exact) mass is 356 g/mol. The van der Waals surface area contributed by atoms with Crippen molar-refractivity contribution in [3.63, 3.8) is 0 Å². The lowest BCUT2D eigenvalue weighted by Crippen LogP contribution is -2.25. The van der Waals surface area contributed by atoms with Gasteiger partial charge in [0.2, 0.25) is 0 Å². The number of carbonyl (C=O) groups excluding carboxylic acids is 1. The summed E-state index contributed by atoms with van der Waals surface area (Å²) >= 11 is 0. The smallest absolute Gasteiger partial charge is 0.259 e. The fraction of sp³-hybridized carbons (Fsp3) is 0.0909. The van der Waals surface area contributed by atoms with E-state index >= 15 is 0 Å². The number of para-hydroxylation sites is 1. The molecule has 5 heteroatoms. The van der Waals surface area contributed by atoms with Crippen molar-refractivity contribution in [2.75, 3.05) is 11.9 Å². The number of fused-ring (bicyclic) bond motifs is 2. The molecule has 0 aliphatic heterocycles. The summed E-state index contributed by atoms with van der Waals surface area (Å²) < 4.78 is 2.04. The van der Waals surface area contributed by atoms with Crippen molar-refractivity contribution >= 4 is 39.5 Å².